The van der Waals surface area contributed by atoms with E-state index in [0.29, 0.717) is 13.2 Å². The molecule has 2 aliphatic rings. The third kappa shape index (κ3) is 5.34. The van der Waals surface area contributed by atoms with Gasteiger partial charge in [0.15, 0.2) is 0 Å². The van der Waals surface area contributed by atoms with Crippen LogP contribution in [0.25, 0.3) is 0 Å². The lowest BCUT2D eigenvalue weighted by molar-refractivity contribution is 0.0322. The van der Waals surface area contributed by atoms with Crippen molar-refractivity contribution in [3.63, 3.8) is 0 Å². The van der Waals surface area contributed by atoms with E-state index in [2.05, 4.69) is 17.3 Å². The van der Waals surface area contributed by atoms with Gasteiger partial charge in [-0.25, -0.2) is 0 Å². The lowest BCUT2D eigenvalue weighted by atomic mass is 10.1. The molecule has 0 radical (unpaired) electrons. The van der Waals surface area contributed by atoms with Crippen molar-refractivity contribution in [2.75, 3.05) is 46.4 Å². The molecule has 0 aromatic carbocycles. The van der Waals surface area contributed by atoms with E-state index in [9.17, 15) is 5.11 Å². The van der Waals surface area contributed by atoms with Crippen molar-refractivity contribution < 1.29 is 9.84 Å². The van der Waals surface area contributed by atoms with Gasteiger partial charge in [-0.15, -0.1) is 0 Å². The summed E-state index contributed by atoms with van der Waals surface area (Å²) in [6.45, 7) is 5.38. The predicted octanol–water partition coefficient (Wildman–Crippen LogP) is 0.315. The minimum atomic E-state index is -0.354. The van der Waals surface area contributed by atoms with Crippen LogP contribution in [-0.2, 0) is 4.74 Å². The predicted molar refractivity (Wildman–Crippen MR) is 68.0 cm³/mol. The van der Waals surface area contributed by atoms with Crippen molar-refractivity contribution in [1.82, 2.24) is 10.2 Å². The van der Waals surface area contributed by atoms with Gasteiger partial charge >= 0.3 is 0 Å². The van der Waals surface area contributed by atoms with Crippen LogP contribution in [0, 0.1) is 11.8 Å². The first kappa shape index (κ1) is 13.3. The molecule has 2 N–H and O–H groups in total. The lowest BCUT2D eigenvalue weighted by Crippen LogP contribution is -2.34. The second kappa shape index (κ2) is 6.69. The maximum absolute atomic E-state index is 9.71. The van der Waals surface area contributed by atoms with Crippen molar-refractivity contribution >= 4 is 0 Å². The Balaban J connectivity index is 1.43. The molecule has 100 valence electrons. The molecule has 0 amide bonds. The van der Waals surface area contributed by atoms with Crippen LogP contribution in [0.3, 0.4) is 0 Å². The van der Waals surface area contributed by atoms with Crippen LogP contribution < -0.4 is 5.32 Å². The summed E-state index contributed by atoms with van der Waals surface area (Å²) in [5.74, 6) is 1.53. The highest BCUT2D eigenvalue weighted by atomic mass is 16.5. The van der Waals surface area contributed by atoms with Gasteiger partial charge in [-0.3, -0.25) is 0 Å². The van der Waals surface area contributed by atoms with Crippen LogP contribution in [0.1, 0.15) is 19.3 Å². The summed E-state index contributed by atoms with van der Waals surface area (Å²) in [6.07, 6.45) is 3.54. The van der Waals surface area contributed by atoms with Crippen molar-refractivity contribution in [2.24, 2.45) is 11.8 Å². The van der Waals surface area contributed by atoms with Crippen LogP contribution in [-0.4, -0.2) is 62.6 Å². The summed E-state index contributed by atoms with van der Waals surface area (Å²) in [5, 5.41) is 13.1. The van der Waals surface area contributed by atoms with E-state index in [1.807, 2.05) is 0 Å². The highest BCUT2D eigenvalue weighted by Gasteiger charge is 2.22. The molecule has 0 spiro atoms. The second-order valence-corrected chi connectivity index (χ2v) is 5.71. The molecule has 0 aromatic rings. The number of nitrogens with zero attached hydrogens (tertiary/aromatic N) is 1. The number of ether oxygens (including phenoxy) is 1. The highest BCUT2D eigenvalue weighted by molar-refractivity contribution is 4.75. The Kier molecular flexibility index (Phi) is 5.22. The number of nitrogens with one attached hydrogen (secondary N) is 1. The van der Waals surface area contributed by atoms with Crippen molar-refractivity contribution in [3.05, 3.63) is 0 Å². The number of aliphatic hydroxyl groups excluding tert-OH is 1. The van der Waals surface area contributed by atoms with Crippen LogP contribution in [0.4, 0.5) is 0 Å². The SMILES string of the molecule is CN1CCC(CNCC(O)COCC2CC2)C1. The Bertz CT molecular complexity index is 221. The number of hydrogen-bond donors (Lipinski definition) is 2. The summed E-state index contributed by atoms with van der Waals surface area (Å²) in [4.78, 5) is 2.36. The van der Waals surface area contributed by atoms with Gasteiger partial charge in [0.05, 0.1) is 12.7 Å². The topological polar surface area (TPSA) is 44.7 Å². The molecular formula is C13H26N2O2. The highest BCUT2D eigenvalue weighted by Crippen LogP contribution is 2.28. The van der Waals surface area contributed by atoms with Crippen LogP contribution >= 0.6 is 0 Å². The smallest absolute Gasteiger partial charge is 0.0897 e. The van der Waals surface area contributed by atoms with Gasteiger partial charge in [-0.1, -0.05) is 0 Å². The molecule has 1 saturated carbocycles. The zero-order valence-electron chi connectivity index (χ0n) is 10.9. The minimum absolute atomic E-state index is 0.354. The van der Waals surface area contributed by atoms with Gasteiger partial charge < -0.3 is 20.1 Å². The maximum Gasteiger partial charge on any atom is 0.0897 e. The molecule has 2 unspecified atom stereocenters. The number of rotatable bonds is 8. The van der Waals surface area contributed by atoms with Crippen molar-refractivity contribution in [2.45, 2.75) is 25.4 Å². The Morgan fingerprint density at radius 2 is 2.18 bits per heavy atom. The fourth-order valence-corrected chi connectivity index (χ4v) is 2.36. The van der Waals surface area contributed by atoms with Crippen LogP contribution in [0.5, 0.6) is 0 Å². The maximum atomic E-state index is 9.71. The lowest BCUT2D eigenvalue weighted by Gasteiger charge is -2.15. The second-order valence-electron chi connectivity index (χ2n) is 5.71. The Labute approximate surface area is 104 Å². The van der Waals surface area contributed by atoms with E-state index < -0.39 is 0 Å². The van der Waals surface area contributed by atoms with Crippen molar-refractivity contribution in [3.8, 4) is 0 Å². The van der Waals surface area contributed by atoms with E-state index in [-0.39, 0.29) is 6.10 Å². The van der Waals surface area contributed by atoms with Gasteiger partial charge in [-0.05, 0) is 51.2 Å². The van der Waals surface area contributed by atoms with E-state index in [1.54, 1.807) is 0 Å². The first-order chi connectivity index (χ1) is 8.24. The van der Waals surface area contributed by atoms with Gasteiger partial charge in [0.1, 0.15) is 0 Å². The zero-order valence-corrected chi connectivity index (χ0v) is 10.9. The molecule has 17 heavy (non-hydrogen) atoms. The standard InChI is InChI=1S/C13H26N2O2/c1-15-5-4-12(8-15)6-14-7-13(16)10-17-9-11-2-3-11/h11-14,16H,2-10H2,1H3. The number of hydrogen-bond acceptors (Lipinski definition) is 4. The molecule has 1 aliphatic heterocycles. The Hall–Kier alpha value is -0.160. The Morgan fingerprint density at radius 3 is 2.82 bits per heavy atom. The van der Waals surface area contributed by atoms with Crippen molar-refractivity contribution in [1.29, 1.82) is 0 Å². The molecule has 1 saturated heterocycles. The fraction of sp³-hybridized carbons (Fsp3) is 1.00. The van der Waals surface area contributed by atoms with Gasteiger partial charge in [0.25, 0.3) is 0 Å². The molecule has 1 heterocycles. The quantitative estimate of drug-likeness (QED) is 0.643. The average molecular weight is 242 g/mol. The van der Waals surface area contributed by atoms with Gasteiger partial charge in [0.2, 0.25) is 0 Å². The van der Waals surface area contributed by atoms with E-state index in [0.717, 1.165) is 25.0 Å². The third-order valence-corrected chi connectivity index (χ3v) is 3.66. The number of aliphatic hydroxyl groups is 1. The summed E-state index contributed by atoms with van der Waals surface area (Å²) in [6, 6.07) is 0. The minimum Gasteiger partial charge on any atom is -0.389 e. The monoisotopic (exact) mass is 242 g/mol. The first-order valence-corrected chi connectivity index (χ1v) is 6.89. The molecule has 4 heteroatoms. The van der Waals surface area contributed by atoms with Gasteiger partial charge in [-0.2, -0.15) is 0 Å². The largest absolute Gasteiger partial charge is 0.389 e. The van der Waals surface area contributed by atoms with Crippen LogP contribution in [0.15, 0.2) is 0 Å². The Morgan fingerprint density at radius 1 is 1.35 bits per heavy atom. The number of likely N-dealkylation sites (tertiary alicyclic amines) is 1. The molecule has 0 aromatic heterocycles. The fourth-order valence-electron chi connectivity index (χ4n) is 2.36. The third-order valence-electron chi connectivity index (χ3n) is 3.66. The summed E-state index contributed by atoms with van der Waals surface area (Å²) >= 11 is 0. The molecule has 2 rings (SSSR count). The van der Waals surface area contributed by atoms with E-state index in [1.165, 1.54) is 32.4 Å². The molecule has 4 nitrogen and oxygen atoms in total. The summed E-state index contributed by atoms with van der Waals surface area (Å²) in [5.41, 5.74) is 0. The summed E-state index contributed by atoms with van der Waals surface area (Å²) < 4.78 is 5.46. The normalized spacial score (nSPS) is 27.5. The molecule has 0 bridgehead atoms. The molecular weight excluding hydrogens is 216 g/mol. The molecule has 2 atom stereocenters. The first-order valence-electron chi connectivity index (χ1n) is 6.89. The van der Waals surface area contributed by atoms with Gasteiger partial charge in [0, 0.05) is 19.7 Å². The molecule has 2 fully saturated rings. The van der Waals surface area contributed by atoms with E-state index >= 15 is 0 Å². The molecule has 1 aliphatic carbocycles. The van der Waals surface area contributed by atoms with Crippen LogP contribution in [0.2, 0.25) is 0 Å². The zero-order chi connectivity index (χ0) is 12.1. The summed E-state index contributed by atoms with van der Waals surface area (Å²) in [7, 11) is 2.17. The average Bonchev–Trinajstić information content (AvgIpc) is 3.02. The van der Waals surface area contributed by atoms with E-state index in [4.69, 9.17) is 4.74 Å².